The number of methoxy groups -OCH3 is 2. The molecular formula is C31H38BrN3O6S. The SMILES string of the molecule is CC[C@H](C)NC(=O)[C@@H](C)N(Cc1cccc(Br)c1)C(=O)CN(c1ccc(C)cc1)S(=O)(=O)c1ccc(OC)c(OC)c1. The van der Waals surface area contributed by atoms with Crippen LogP contribution in [-0.4, -0.2) is 58.0 Å². The number of rotatable bonds is 13. The standard InChI is InChI=1S/C31H38BrN3O6S/c1-7-22(3)33-31(37)23(4)34(19-24-9-8-10-25(32)17-24)30(36)20-35(26-13-11-21(2)12-14-26)42(38,39)27-15-16-28(40-5)29(18-27)41-6/h8-18,22-23H,7,19-20H2,1-6H3,(H,33,37)/t22-,23+/m0/s1. The minimum atomic E-state index is -4.26. The molecule has 0 spiro atoms. The molecule has 11 heteroatoms. The first kappa shape index (κ1) is 32.9. The van der Waals surface area contributed by atoms with Crippen LogP contribution in [0.4, 0.5) is 5.69 Å². The number of carbonyl (C=O) groups excluding carboxylic acids is 2. The van der Waals surface area contributed by atoms with Crippen molar-refractivity contribution >= 4 is 43.5 Å². The van der Waals surface area contributed by atoms with Gasteiger partial charge in [-0.25, -0.2) is 8.42 Å². The molecule has 0 aromatic heterocycles. The van der Waals surface area contributed by atoms with Gasteiger partial charge in [0.1, 0.15) is 12.6 Å². The number of ether oxygens (including phenoxy) is 2. The van der Waals surface area contributed by atoms with Crippen LogP contribution in [0.25, 0.3) is 0 Å². The third kappa shape index (κ3) is 8.04. The van der Waals surface area contributed by atoms with Crippen LogP contribution in [-0.2, 0) is 26.2 Å². The van der Waals surface area contributed by atoms with Crippen molar-refractivity contribution in [3.05, 3.63) is 82.3 Å². The number of carbonyl (C=O) groups is 2. The van der Waals surface area contributed by atoms with Gasteiger partial charge in [0.2, 0.25) is 11.8 Å². The fourth-order valence-corrected chi connectivity index (χ4v) is 6.10. The van der Waals surface area contributed by atoms with E-state index in [0.717, 1.165) is 26.3 Å². The highest BCUT2D eigenvalue weighted by atomic mass is 79.9. The number of amides is 2. The zero-order valence-corrected chi connectivity index (χ0v) is 27.2. The second-order valence-electron chi connectivity index (χ2n) is 10.0. The average Bonchev–Trinajstić information content (AvgIpc) is 2.98. The van der Waals surface area contributed by atoms with E-state index >= 15 is 0 Å². The average molecular weight is 661 g/mol. The Bertz CT molecular complexity index is 1500. The number of sulfonamides is 1. The highest BCUT2D eigenvalue weighted by Gasteiger charge is 2.33. The summed E-state index contributed by atoms with van der Waals surface area (Å²) >= 11 is 3.46. The van der Waals surface area contributed by atoms with Crippen LogP contribution in [0.3, 0.4) is 0 Å². The van der Waals surface area contributed by atoms with E-state index in [4.69, 9.17) is 9.47 Å². The summed E-state index contributed by atoms with van der Waals surface area (Å²) in [6.45, 7) is 6.95. The maximum Gasteiger partial charge on any atom is 0.264 e. The van der Waals surface area contributed by atoms with E-state index in [1.807, 2.05) is 45.0 Å². The van der Waals surface area contributed by atoms with E-state index in [1.54, 1.807) is 31.2 Å². The lowest BCUT2D eigenvalue weighted by Crippen LogP contribution is -2.52. The highest BCUT2D eigenvalue weighted by Crippen LogP contribution is 2.32. The Morgan fingerprint density at radius 2 is 1.62 bits per heavy atom. The molecule has 0 saturated heterocycles. The summed E-state index contributed by atoms with van der Waals surface area (Å²) in [7, 11) is -1.38. The second-order valence-corrected chi connectivity index (χ2v) is 12.8. The van der Waals surface area contributed by atoms with Crippen LogP contribution in [0, 0.1) is 6.92 Å². The smallest absolute Gasteiger partial charge is 0.264 e. The van der Waals surface area contributed by atoms with Crippen LogP contribution >= 0.6 is 15.9 Å². The van der Waals surface area contributed by atoms with Gasteiger partial charge in [-0.15, -0.1) is 0 Å². The zero-order valence-electron chi connectivity index (χ0n) is 24.8. The van der Waals surface area contributed by atoms with Gasteiger partial charge in [0, 0.05) is 23.1 Å². The van der Waals surface area contributed by atoms with Crippen LogP contribution in [0.2, 0.25) is 0 Å². The van der Waals surface area contributed by atoms with Crippen LogP contribution < -0.4 is 19.1 Å². The second kappa shape index (κ2) is 14.6. The highest BCUT2D eigenvalue weighted by molar-refractivity contribution is 9.10. The van der Waals surface area contributed by atoms with Gasteiger partial charge in [-0.05, 0) is 69.2 Å². The summed E-state index contributed by atoms with van der Waals surface area (Å²) in [5.41, 5.74) is 2.02. The van der Waals surface area contributed by atoms with Gasteiger partial charge < -0.3 is 19.7 Å². The van der Waals surface area contributed by atoms with E-state index in [-0.39, 0.29) is 29.1 Å². The lowest BCUT2D eigenvalue weighted by atomic mass is 10.1. The summed E-state index contributed by atoms with van der Waals surface area (Å²) in [4.78, 5) is 28.6. The minimum absolute atomic E-state index is 0.0744. The molecular weight excluding hydrogens is 622 g/mol. The molecule has 9 nitrogen and oxygen atoms in total. The quantitative estimate of drug-likeness (QED) is 0.267. The molecule has 3 aromatic rings. The van der Waals surface area contributed by atoms with Gasteiger partial charge in [0.05, 0.1) is 24.8 Å². The Balaban J connectivity index is 2.06. The number of benzene rings is 3. The lowest BCUT2D eigenvalue weighted by molar-refractivity contribution is -0.139. The van der Waals surface area contributed by atoms with Crippen molar-refractivity contribution in [3.63, 3.8) is 0 Å². The molecule has 0 heterocycles. The minimum Gasteiger partial charge on any atom is -0.493 e. The van der Waals surface area contributed by atoms with E-state index < -0.39 is 28.5 Å². The molecule has 42 heavy (non-hydrogen) atoms. The number of halogens is 1. The summed E-state index contributed by atoms with van der Waals surface area (Å²) < 4.78 is 40.7. The number of anilines is 1. The Morgan fingerprint density at radius 1 is 0.952 bits per heavy atom. The third-order valence-corrected chi connectivity index (χ3v) is 9.22. The van der Waals surface area contributed by atoms with E-state index in [2.05, 4.69) is 21.2 Å². The first-order valence-corrected chi connectivity index (χ1v) is 15.8. The zero-order chi connectivity index (χ0) is 31.0. The Hall–Kier alpha value is -3.57. The summed E-state index contributed by atoms with van der Waals surface area (Å²) in [6.07, 6.45) is 0.725. The number of hydrogen-bond donors (Lipinski definition) is 1. The number of nitrogens with zero attached hydrogens (tertiary/aromatic N) is 2. The van der Waals surface area contributed by atoms with Crippen LogP contribution in [0.1, 0.15) is 38.3 Å². The molecule has 3 rings (SSSR count). The van der Waals surface area contributed by atoms with Gasteiger partial charge >= 0.3 is 0 Å². The molecule has 226 valence electrons. The topological polar surface area (TPSA) is 105 Å². The predicted octanol–water partition coefficient (Wildman–Crippen LogP) is 5.30. The molecule has 0 radical (unpaired) electrons. The first-order valence-electron chi connectivity index (χ1n) is 13.6. The van der Waals surface area contributed by atoms with E-state index in [1.165, 1.54) is 37.3 Å². The van der Waals surface area contributed by atoms with Crippen molar-refractivity contribution in [1.82, 2.24) is 10.2 Å². The molecule has 2 amide bonds. The van der Waals surface area contributed by atoms with Crippen molar-refractivity contribution in [2.24, 2.45) is 0 Å². The lowest BCUT2D eigenvalue weighted by Gasteiger charge is -2.32. The van der Waals surface area contributed by atoms with Crippen molar-refractivity contribution in [1.29, 1.82) is 0 Å². The van der Waals surface area contributed by atoms with E-state index in [9.17, 15) is 18.0 Å². The van der Waals surface area contributed by atoms with Crippen molar-refractivity contribution in [3.8, 4) is 11.5 Å². The van der Waals surface area contributed by atoms with Gasteiger partial charge in [-0.2, -0.15) is 0 Å². The summed E-state index contributed by atoms with van der Waals surface area (Å²) in [5.74, 6) is -0.250. The van der Waals surface area contributed by atoms with Crippen molar-refractivity contribution in [2.45, 2.75) is 57.6 Å². The van der Waals surface area contributed by atoms with Crippen LogP contribution in [0.15, 0.2) is 76.1 Å². The van der Waals surface area contributed by atoms with Crippen molar-refractivity contribution < 1.29 is 27.5 Å². The predicted molar refractivity (Wildman–Crippen MR) is 167 cm³/mol. The summed E-state index contributed by atoms with van der Waals surface area (Å²) in [5, 5.41) is 2.93. The summed E-state index contributed by atoms with van der Waals surface area (Å²) in [6, 6.07) is 17.6. The molecule has 3 aromatic carbocycles. The first-order chi connectivity index (χ1) is 19.9. The Kier molecular flexibility index (Phi) is 11.4. The van der Waals surface area contributed by atoms with Crippen molar-refractivity contribution in [2.75, 3.05) is 25.1 Å². The molecule has 0 saturated carbocycles. The molecule has 0 aliphatic carbocycles. The van der Waals surface area contributed by atoms with Gasteiger partial charge in [-0.1, -0.05) is 52.7 Å². The molecule has 0 aliphatic rings. The molecule has 2 atom stereocenters. The Labute approximate surface area is 257 Å². The van der Waals surface area contributed by atoms with Gasteiger partial charge in [0.15, 0.2) is 11.5 Å². The monoisotopic (exact) mass is 659 g/mol. The van der Waals surface area contributed by atoms with E-state index in [0.29, 0.717) is 11.4 Å². The van der Waals surface area contributed by atoms with Crippen LogP contribution in [0.5, 0.6) is 11.5 Å². The third-order valence-electron chi connectivity index (χ3n) is 6.95. The molecule has 1 N–H and O–H groups in total. The fraction of sp³-hybridized carbons (Fsp3) is 0.355. The number of nitrogens with one attached hydrogen (secondary N) is 1. The molecule has 0 aliphatic heterocycles. The number of hydrogen-bond acceptors (Lipinski definition) is 6. The van der Waals surface area contributed by atoms with Gasteiger partial charge in [-0.3, -0.25) is 13.9 Å². The molecule has 0 unspecified atom stereocenters. The van der Waals surface area contributed by atoms with Gasteiger partial charge in [0.25, 0.3) is 10.0 Å². The molecule has 0 fully saturated rings. The molecule has 0 bridgehead atoms. The number of aryl methyl sites for hydroxylation is 1. The Morgan fingerprint density at radius 3 is 2.21 bits per heavy atom. The normalized spacial score (nSPS) is 12.6. The fourth-order valence-electron chi connectivity index (χ4n) is 4.22. The maximum absolute atomic E-state index is 14.1. The maximum atomic E-state index is 14.1. The largest absolute Gasteiger partial charge is 0.493 e.